The minimum Gasteiger partial charge on any atom is -0.481 e. The smallest absolute Gasteiger partial charge is 0.303 e. The highest BCUT2D eigenvalue weighted by atomic mass is 16.4. The Balaban J connectivity index is 2.14. The zero-order valence-electron chi connectivity index (χ0n) is 10.5. The standard InChI is InChI=1S/C12H16N4O2/c1-16(2)10-7-6-8-12(15-10)14-9(13-8)4-3-5-11(17)18/h6-7H,3-5H2,1-2H3,(H,17,18)(H,13,14,15). The first-order chi connectivity index (χ1) is 8.56. The summed E-state index contributed by atoms with van der Waals surface area (Å²) in [5.74, 6) is 0.861. The van der Waals surface area contributed by atoms with Crippen LogP contribution in [0.4, 0.5) is 5.82 Å². The second-order valence-corrected chi connectivity index (χ2v) is 4.37. The average molecular weight is 248 g/mol. The van der Waals surface area contributed by atoms with E-state index in [0.29, 0.717) is 18.5 Å². The van der Waals surface area contributed by atoms with E-state index >= 15 is 0 Å². The number of aromatic amines is 1. The van der Waals surface area contributed by atoms with Crippen LogP contribution in [0.25, 0.3) is 11.2 Å². The summed E-state index contributed by atoms with van der Waals surface area (Å²) in [6, 6.07) is 3.85. The van der Waals surface area contributed by atoms with Crippen molar-refractivity contribution in [2.45, 2.75) is 19.3 Å². The van der Waals surface area contributed by atoms with E-state index in [1.165, 1.54) is 0 Å². The molecule has 6 nitrogen and oxygen atoms in total. The first kappa shape index (κ1) is 12.3. The monoisotopic (exact) mass is 248 g/mol. The summed E-state index contributed by atoms with van der Waals surface area (Å²) >= 11 is 0. The molecule has 2 aromatic rings. The van der Waals surface area contributed by atoms with Crippen LogP contribution >= 0.6 is 0 Å². The van der Waals surface area contributed by atoms with Crippen LogP contribution < -0.4 is 4.90 Å². The Kier molecular flexibility index (Phi) is 3.45. The number of carbonyl (C=O) groups is 1. The molecule has 2 N–H and O–H groups in total. The lowest BCUT2D eigenvalue weighted by Gasteiger charge is -2.09. The van der Waals surface area contributed by atoms with Gasteiger partial charge in [0.05, 0.1) is 5.52 Å². The molecule has 0 spiro atoms. The molecule has 18 heavy (non-hydrogen) atoms. The number of rotatable bonds is 5. The van der Waals surface area contributed by atoms with Crippen molar-refractivity contribution in [3.63, 3.8) is 0 Å². The molecule has 0 radical (unpaired) electrons. The molecule has 96 valence electrons. The Bertz CT molecular complexity index is 562. The molecule has 0 aliphatic rings. The molecule has 0 aromatic carbocycles. The van der Waals surface area contributed by atoms with Gasteiger partial charge in [0.2, 0.25) is 0 Å². The van der Waals surface area contributed by atoms with E-state index in [4.69, 9.17) is 5.11 Å². The fourth-order valence-corrected chi connectivity index (χ4v) is 1.71. The van der Waals surface area contributed by atoms with E-state index in [9.17, 15) is 4.79 Å². The number of fused-ring (bicyclic) bond motifs is 1. The van der Waals surface area contributed by atoms with Gasteiger partial charge in [-0.1, -0.05) is 0 Å². The molecular weight excluding hydrogens is 232 g/mol. The minimum atomic E-state index is -0.779. The van der Waals surface area contributed by atoms with Gasteiger partial charge in [-0.3, -0.25) is 4.79 Å². The van der Waals surface area contributed by atoms with Crippen molar-refractivity contribution in [2.75, 3.05) is 19.0 Å². The number of nitrogens with zero attached hydrogens (tertiary/aromatic N) is 3. The number of hydrogen-bond acceptors (Lipinski definition) is 4. The van der Waals surface area contributed by atoms with Crippen molar-refractivity contribution in [3.8, 4) is 0 Å². The zero-order chi connectivity index (χ0) is 13.1. The van der Waals surface area contributed by atoms with Gasteiger partial charge < -0.3 is 15.0 Å². The third-order valence-electron chi connectivity index (χ3n) is 2.64. The van der Waals surface area contributed by atoms with Crippen molar-refractivity contribution in [2.24, 2.45) is 0 Å². The number of carboxylic acids is 1. The van der Waals surface area contributed by atoms with Crippen LogP contribution in [0.3, 0.4) is 0 Å². The van der Waals surface area contributed by atoms with Crippen LogP contribution in [0.2, 0.25) is 0 Å². The lowest BCUT2D eigenvalue weighted by atomic mass is 10.2. The van der Waals surface area contributed by atoms with Gasteiger partial charge in [0.25, 0.3) is 0 Å². The second kappa shape index (κ2) is 5.03. The highest BCUT2D eigenvalue weighted by Crippen LogP contribution is 2.15. The number of imidazole rings is 1. The highest BCUT2D eigenvalue weighted by Gasteiger charge is 2.06. The quantitative estimate of drug-likeness (QED) is 0.836. The van der Waals surface area contributed by atoms with E-state index in [2.05, 4.69) is 15.0 Å². The zero-order valence-corrected chi connectivity index (χ0v) is 10.5. The summed E-state index contributed by atoms with van der Waals surface area (Å²) < 4.78 is 0. The summed E-state index contributed by atoms with van der Waals surface area (Å²) in [7, 11) is 3.85. The molecule has 0 atom stereocenters. The number of aromatic nitrogens is 3. The molecule has 0 saturated carbocycles. The summed E-state index contributed by atoms with van der Waals surface area (Å²) in [6.45, 7) is 0. The van der Waals surface area contributed by atoms with Gasteiger partial charge in [0, 0.05) is 26.9 Å². The predicted octanol–water partition coefficient (Wildman–Crippen LogP) is 1.43. The Labute approximate surface area is 105 Å². The number of hydrogen-bond donors (Lipinski definition) is 2. The Morgan fingerprint density at radius 2 is 2.17 bits per heavy atom. The second-order valence-electron chi connectivity index (χ2n) is 4.37. The number of carboxylic acid groups (broad SMARTS) is 1. The van der Waals surface area contributed by atoms with Gasteiger partial charge in [-0.05, 0) is 18.6 Å². The third kappa shape index (κ3) is 2.77. The van der Waals surface area contributed by atoms with Crippen molar-refractivity contribution in [1.82, 2.24) is 15.0 Å². The van der Waals surface area contributed by atoms with E-state index < -0.39 is 5.97 Å². The molecule has 2 heterocycles. The van der Waals surface area contributed by atoms with Crippen molar-refractivity contribution in [1.29, 1.82) is 0 Å². The maximum atomic E-state index is 10.4. The van der Waals surface area contributed by atoms with Crippen LogP contribution in [0.1, 0.15) is 18.7 Å². The van der Waals surface area contributed by atoms with Gasteiger partial charge in [-0.25, -0.2) is 9.97 Å². The molecule has 2 rings (SSSR count). The Morgan fingerprint density at radius 1 is 1.39 bits per heavy atom. The molecule has 0 saturated heterocycles. The molecule has 0 unspecified atom stereocenters. The Morgan fingerprint density at radius 3 is 2.83 bits per heavy atom. The van der Waals surface area contributed by atoms with E-state index in [1.807, 2.05) is 31.1 Å². The third-order valence-corrected chi connectivity index (χ3v) is 2.64. The average Bonchev–Trinajstić information content (AvgIpc) is 2.69. The van der Waals surface area contributed by atoms with Crippen LogP contribution in [-0.4, -0.2) is 40.1 Å². The lowest BCUT2D eigenvalue weighted by Crippen LogP contribution is -2.10. The predicted molar refractivity (Wildman–Crippen MR) is 68.8 cm³/mol. The molecule has 2 aromatic heterocycles. The van der Waals surface area contributed by atoms with Crippen LogP contribution in [0.5, 0.6) is 0 Å². The maximum Gasteiger partial charge on any atom is 0.303 e. The lowest BCUT2D eigenvalue weighted by molar-refractivity contribution is -0.137. The normalized spacial score (nSPS) is 10.8. The number of anilines is 1. The van der Waals surface area contributed by atoms with Crippen LogP contribution in [0, 0.1) is 0 Å². The van der Waals surface area contributed by atoms with E-state index in [0.717, 1.165) is 17.2 Å². The summed E-state index contributed by atoms with van der Waals surface area (Å²) in [5.41, 5.74) is 1.55. The van der Waals surface area contributed by atoms with Gasteiger partial charge in [-0.2, -0.15) is 0 Å². The van der Waals surface area contributed by atoms with Gasteiger partial charge >= 0.3 is 5.97 Å². The van der Waals surface area contributed by atoms with Crippen LogP contribution in [-0.2, 0) is 11.2 Å². The van der Waals surface area contributed by atoms with Gasteiger partial charge in [0.15, 0.2) is 5.65 Å². The number of nitrogens with one attached hydrogen (secondary N) is 1. The molecule has 0 amide bonds. The maximum absolute atomic E-state index is 10.4. The number of pyridine rings is 1. The van der Waals surface area contributed by atoms with Crippen molar-refractivity contribution in [3.05, 3.63) is 18.0 Å². The first-order valence-corrected chi connectivity index (χ1v) is 5.81. The number of aryl methyl sites for hydroxylation is 1. The summed E-state index contributed by atoms with van der Waals surface area (Å²) in [4.78, 5) is 24.3. The molecular formula is C12H16N4O2. The van der Waals surface area contributed by atoms with Gasteiger partial charge in [-0.15, -0.1) is 0 Å². The molecule has 0 bridgehead atoms. The first-order valence-electron chi connectivity index (χ1n) is 5.81. The largest absolute Gasteiger partial charge is 0.481 e. The number of aliphatic carboxylic acids is 1. The fraction of sp³-hybridized carbons (Fsp3) is 0.417. The summed E-state index contributed by atoms with van der Waals surface area (Å²) in [5, 5.41) is 8.58. The highest BCUT2D eigenvalue weighted by molar-refractivity contribution is 5.73. The SMILES string of the molecule is CN(C)c1ccc2[nH]c(CCCC(=O)O)nc2n1. The Hall–Kier alpha value is -2.11. The van der Waals surface area contributed by atoms with Gasteiger partial charge in [0.1, 0.15) is 11.6 Å². The molecule has 6 heteroatoms. The minimum absolute atomic E-state index is 0.160. The van der Waals surface area contributed by atoms with E-state index in [1.54, 1.807) is 0 Å². The molecule has 0 fully saturated rings. The fourth-order valence-electron chi connectivity index (χ4n) is 1.71. The van der Waals surface area contributed by atoms with Crippen molar-refractivity contribution < 1.29 is 9.90 Å². The van der Waals surface area contributed by atoms with Crippen LogP contribution in [0.15, 0.2) is 12.1 Å². The van der Waals surface area contributed by atoms with E-state index in [-0.39, 0.29) is 6.42 Å². The topological polar surface area (TPSA) is 82.1 Å². The molecule has 0 aliphatic heterocycles. The molecule has 0 aliphatic carbocycles. The summed E-state index contributed by atoms with van der Waals surface area (Å²) in [6.07, 6.45) is 1.36. The van der Waals surface area contributed by atoms with Crippen molar-refractivity contribution >= 4 is 23.0 Å². The number of H-pyrrole nitrogens is 1.